The number of aromatic nitrogens is 1. The summed E-state index contributed by atoms with van der Waals surface area (Å²) in [6.45, 7) is 6.17. The van der Waals surface area contributed by atoms with E-state index in [0.29, 0.717) is 25.1 Å². The topological polar surface area (TPSA) is 71.3 Å². The molecule has 1 aromatic rings. The quantitative estimate of drug-likeness (QED) is 0.798. The molecule has 0 fully saturated rings. The molecule has 1 rings (SSSR count). The molecule has 0 radical (unpaired) electrons. The number of carboxylic acid groups (broad SMARTS) is 1. The minimum atomic E-state index is -1.24. The molecule has 6 heteroatoms. The van der Waals surface area contributed by atoms with Gasteiger partial charge in [0.15, 0.2) is 0 Å². The van der Waals surface area contributed by atoms with Gasteiger partial charge in [0.2, 0.25) is 0 Å². The van der Waals surface area contributed by atoms with E-state index in [-0.39, 0.29) is 5.91 Å². The molecule has 1 unspecified atom stereocenters. The Balaban J connectivity index is 2.97. The monoisotopic (exact) mass is 344 g/mol. The van der Waals surface area contributed by atoms with E-state index in [1.54, 1.807) is 13.0 Å². The van der Waals surface area contributed by atoms with E-state index in [1.165, 1.54) is 0 Å². The van der Waals surface area contributed by atoms with E-state index in [1.807, 2.05) is 24.6 Å². The lowest BCUT2D eigenvalue weighted by Gasteiger charge is -2.26. The zero-order valence-electron chi connectivity index (χ0n) is 12.1. The van der Waals surface area contributed by atoms with Crippen molar-refractivity contribution < 1.29 is 14.7 Å². The normalized spacial score (nSPS) is 13.8. The highest BCUT2D eigenvalue weighted by atomic mass is 79.9. The predicted octanol–water partition coefficient (Wildman–Crippen LogP) is 3.03. The molecule has 0 spiro atoms. The molecule has 1 atom stereocenters. The minimum Gasteiger partial charge on any atom is -0.480 e. The summed E-state index contributed by atoms with van der Waals surface area (Å²) in [7, 11) is 0. The molecule has 0 saturated heterocycles. The van der Waals surface area contributed by atoms with E-state index < -0.39 is 11.5 Å². The number of carbonyl (C=O) groups is 2. The number of carbonyl (C=O) groups excluding carboxylic acids is 1. The molecule has 5 nitrogen and oxygen atoms in total. The highest BCUT2D eigenvalue weighted by Crippen LogP contribution is 2.18. The van der Waals surface area contributed by atoms with Gasteiger partial charge in [-0.3, -0.25) is 4.79 Å². The van der Waals surface area contributed by atoms with Crippen LogP contribution in [-0.2, 0) is 11.3 Å². The van der Waals surface area contributed by atoms with Gasteiger partial charge in [0, 0.05) is 17.2 Å². The molecule has 0 saturated carbocycles. The highest BCUT2D eigenvalue weighted by molar-refractivity contribution is 9.10. The molecule has 112 valence electrons. The van der Waals surface area contributed by atoms with Gasteiger partial charge in [-0.1, -0.05) is 20.3 Å². The number of carboxylic acids is 1. The Bertz CT molecular complexity index is 499. The molecular formula is C14H21BrN2O3. The van der Waals surface area contributed by atoms with Gasteiger partial charge < -0.3 is 15.0 Å². The molecule has 0 aliphatic rings. The number of aryl methyl sites for hydroxylation is 1. The van der Waals surface area contributed by atoms with Crippen LogP contribution in [0.3, 0.4) is 0 Å². The van der Waals surface area contributed by atoms with Crippen LogP contribution >= 0.6 is 15.9 Å². The number of nitrogens with zero attached hydrogens (tertiary/aromatic N) is 1. The van der Waals surface area contributed by atoms with Crippen molar-refractivity contribution in [2.24, 2.45) is 0 Å². The summed E-state index contributed by atoms with van der Waals surface area (Å²) in [5, 5.41) is 11.9. The highest BCUT2D eigenvalue weighted by Gasteiger charge is 2.34. The Labute approximate surface area is 127 Å². The predicted molar refractivity (Wildman–Crippen MR) is 80.8 cm³/mol. The first-order valence-corrected chi connectivity index (χ1v) is 7.55. The van der Waals surface area contributed by atoms with Crippen molar-refractivity contribution in [1.82, 2.24) is 9.88 Å². The van der Waals surface area contributed by atoms with E-state index in [4.69, 9.17) is 0 Å². The SMILES string of the molecule is CCCn1cc(Br)cc1C(=O)NC(C)(CCC)C(=O)O. The summed E-state index contributed by atoms with van der Waals surface area (Å²) < 4.78 is 2.64. The minimum absolute atomic E-state index is 0.359. The number of halogens is 1. The number of amides is 1. The second-order valence-electron chi connectivity index (χ2n) is 5.08. The summed E-state index contributed by atoms with van der Waals surface area (Å²) in [6, 6.07) is 1.71. The zero-order chi connectivity index (χ0) is 15.3. The maximum Gasteiger partial charge on any atom is 0.329 e. The van der Waals surface area contributed by atoms with Gasteiger partial charge in [-0.25, -0.2) is 4.79 Å². The van der Waals surface area contributed by atoms with Crippen molar-refractivity contribution in [2.45, 2.75) is 52.1 Å². The van der Waals surface area contributed by atoms with E-state index in [9.17, 15) is 14.7 Å². The average Bonchev–Trinajstić information content (AvgIpc) is 2.71. The van der Waals surface area contributed by atoms with Crippen LogP contribution in [-0.4, -0.2) is 27.1 Å². The van der Waals surface area contributed by atoms with Crippen LogP contribution in [0.4, 0.5) is 0 Å². The first-order chi connectivity index (χ1) is 9.34. The largest absolute Gasteiger partial charge is 0.480 e. The lowest BCUT2D eigenvalue weighted by atomic mass is 9.96. The smallest absolute Gasteiger partial charge is 0.329 e. The van der Waals surface area contributed by atoms with Crippen molar-refractivity contribution in [3.05, 3.63) is 22.4 Å². The molecule has 0 aliphatic heterocycles. The Hall–Kier alpha value is -1.30. The number of aliphatic carboxylic acids is 1. The third kappa shape index (κ3) is 3.85. The van der Waals surface area contributed by atoms with Crippen molar-refractivity contribution >= 4 is 27.8 Å². The van der Waals surface area contributed by atoms with E-state index in [2.05, 4.69) is 21.2 Å². The summed E-state index contributed by atoms with van der Waals surface area (Å²) in [6.07, 6.45) is 3.80. The third-order valence-corrected chi connectivity index (χ3v) is 3.61. The van der Waals surface area contributed by atoms with Gasteiger partial charge >= 0.3 is 5.97 Å². The van der Waals surface area contributed by atoms with Gasteiger partial charge in [0.05, 0.1) is 0 Å². The lowest BCUT2D eigenvalue weighted by molar-refractivity contribution is -0.144. The Kier molecular flexibility index (Phi) is 5.80. The van der Waals surface area contributed by atoms with Gasteiger partial charge in [-0.05, 0) is 41.8 Å². The fourth-order valence-corrected chi connectivity index (χ4v) is 2.59. The van der Waals surface area contributed by atoms with Gasteiger partial charge in [0.25, 0.3) is 5.91 Å². The fraction of sp³-hybridized carbons (Fsp3) is 0.571. The van der Waals surface area contributed by atoms with Crippen LogP contribution in [0.1, 0.15) is 50.5 Å². The molecule has 1 amide bonds. The van der Waals surface area contributed by atoms with E-state index in [0.717, 1.165) is 10.9 Å². The third-order valence-electron chi connectivity index (χ3n) is 3.17. The summed E-state index contributed by atoms with van der Waals surface area (Å²) >= 11 is 3.34. The van der Waals surface area contributed by atoms with Crippen LogP contribution in [0, 0.1) is 0 Å². The average molecular weight is 345 g/mol. The van der Waals surface area contributed by atoms with Crippen molar-refractivity contribution in [3.8, 4) is 0 Å². The van der Waals surface area contributed by atoms with Gasteiger partial charge in [-0.15, -0.1) is 0 Å². The zero-order valence-corrected chi connectivity index (χ0v) is 13.7. The maximum atomic E-state index is 12.3. The first kappa shape index (κ1) is 16.8. The number of hydrogen-bond acceptors (Lipinski definition) is 2. The summed E-state index contributed by atoms with van der Waals surface area (Å²) in [4.78, 5) is 23.7. The molecule has 1 aromatic heterocycles. The number of nitrogens with one attached hydrogen (secondary N) is 1. The number of rotatable bonds is 7. The number of hydrogen-bond donors (Lipinski definition) is 2. The van der Waals surface area contributed by atoms with Crippen molar-refractivity contribution in [1.29, 1.82) is 0 Å². The fourth-order valence-electron chi connectivity index (χ4n) is 2.13. The second-order valence-corrected chi connectivity index (χ2v) is 5.99. The second kappa shape index (κ2) is 6.92. The maximum absolute atomic E-state index is 12.3. The van der Waals surface area contributed by atoms with Crippen molar-refractivity contribution in [3.63, 3.8) is 0 Å². The summed E-state index contributed by atoms with van der Waals surface area (Å²) in [5.74, 6) is -1.37. The molecular weight excluding hydrogens is 324 g/mol. The Morgan fingerprint density at radius 1 is 1.40 bits per heavy atom. The van der Waals surface area contributed by atoms with Crippen LogP contribution in [0.25, 0.3) is 0 Å². The summed E-state index contributed by atoms with van der Waals surface area (Å²) in [5.41, 5.74) is -0.762. The van der Waals surface area contributed by atoms with Gasteiger partial charge in [-0.2, -0.15) is 0 Å². The van der Waals surface area contributed by atoms with Crippen LogP contribution in [0.5, 0.6) is 0 Å². The van der Waals surface area contributed by atoms with Crippen LogP contribution in [0.2, 0.25) is 0 Å². The molecule has 0 bridgehead atoms. The van der Waals surface area contributed by atoms with Crippen molar-refractivity contribution in [2.75, 3.05) is 0 Å². The van der Waals surface area contributed by atoms with E-state index >= 15 is 0 Å². The first-order valence-electron chi connectivity index (χ1n) is 6.75. The van der Waals surface area contributed by atoms with Gasteiger partial charge in [0.1, 0.15) is 11.2 Å². The Morgan fingerprint density at radius 2 is 2.05 bits per heavy atom. The molecule has 20 heavy (non-hydrogen) atoms. The standard InChI is InChI=1S/C14H21BrN2O3/c1-4-6-14(3,13(19)20)16-12(18)11-8-10(15)9-17(11)7-5-2/h8-9H,4-7H2,1-3H3,(H,16,18)(H,19,20). The Morgan fingerprint density at radius 3 is 2.55 bits per heavy atom. The molecule has 0 aromatic carbocycles. The lowest BCUT2D eigenvalue weighted by Crippen LogP contribution is -2.52. The molecule has 1 heterocycles. The molecule has 0 aliphatic carbocycles. The van der Waals surface area contributed by atoms with Crippen LogP contribution < -0.4 is 5.32 Å². The van der Waals surface area contributed by atoms with Crippen LogP contribution in [0.15, 0.2) is 16.7 Å². The molecule has 2 N–H and O–H groups in total.